The van der Waals surface area contributed by atoms with Crippen LogP contribution in [0.5, 0.6) is 5.75 Å². The lowest BCUT2D eigenvalue weighted by Crippen LogP contribution is -2.30. The summed E-state index contributed by atoms with van der Waals surface area (Å²) in [4.78, 5) is 26.1. The molecular formula is C21H24FN3O3. The minimum atomic E-state index is -0.541. The van der Waals surface area contributed by atoms with Crippen molar-refractivity contribution in [2.24, 2.45) is 5.73 Å². The molecule has 0 atom stereocenters. The number of benzene rings is 2. The van der Waals surface area contributed by atoms with Gasteiger partial charge in [0.25, 0.3) is 0 Å². The van der Waals surface area contributed by atoms with Crippen molar-refractivity contribution in [1.82, 2.24) is 0 Å². The molecular weight excluding hydrogens is 361 g/mol. The Labute approximate surface area is 163 Å². The number of nitrogens with one attached hydrogen (secondary N) is 1. The lowest BCUT2D eigenvalue weighted by Gasteiger charge is -2.30. The van der Waals surface area contributed by atoms with Gasteiger partial charge in [-0.05, 0) is 61.7 Å². The third-order valence-electron chi connectivity index (χ3n) is 4.66. The standard InChI is InChI=1S/C21H24FN3O3/c22-16-5-7-17(8-6-16)28-13-10-20(26)24-18-14-15(21(23)27)4-9-19(18)25-11-2-1-3-12-25/h4-9,14H,1-3,10-13H2,(H2,23,27)(H,24,26). The molecule has 1 aliphatic rings. The minimum absolute atomic E-state index is 0.123. The number of hydrogen-bond acceptors (Lipinski definition) is 4. The highest BCUT2D eigenvalue weighted by Crippen LogP contribution is 2.30. The SMILES string of the molecule is NC(=O)c1ccc(N2CCCCC2)c(NC(=O)CCOc2ccc(F)cc2)c1. The molecule has 2 aromatic rings. The van der Waals surface area contributed by atoms with E-state index in [1.807, 2.05) is 6.07 Å². The molecule has 1 fully saturated rings. The molecule has 0 bridgehead atoms. The lowest BCUT2D eigenvalue weighted by molar-refractivity contribution is -0.116. The number of nitrogens with two attached hydrogens (primary N) is 1. The molecule has 0 aliphatic carbocycles. The van der Waals surface area contributed by atoms with Crippen molar-refractivity contribution in [1.29, 1.82) is 0 Å². The number of nitrogens with zero attached hydrogens (tertiary/aromatic N) is 1. The highest BCUT2D eigenvalue weighted by Gasteiger charge is 2.17. The summed E-state index contributed by atoms with van der Waals surface area (Å²) < 4.78 is 18.4. The molecule has 1 aliphatic heterocycles. The van der Waals surface area contributed by atoms with Gasteiger partial charge in [-0.1, -0.05) is 0 Å². The molecule has 2 amide bonds. The van der Waals surface area contributed by atoms with E-state index in [1.165, 1.54) is 30.7 Å². The number of piperidine rings is 1. The molecule has 0 radical (unpaired) electrons. The summed E-state index contributed by atoms with van der Waals surface area (Å²) in [5.41, 5.74) is 7.19. The zero-order chi connectivity index (χ0) is 19.9. The van der Waals surface area contributed by atoms with Crippen LogP contribution in [0, 0.1) is 5.82 Å². The number of amides is 2. The normalized spacial score (nSPS) is 13.8. The minimum Gasteiger partial charge on any atom is -0.493 e. The second kappa shape index (κ2) is 9.21. The number of ether oxygens (including phenoxy) is 1. The van der Waals surface area contributed by atoms with Gasteiger partial charge in [0, 0.05) is 18.7 Å². The summed E-state index contributed by atoms with van der Waals surface area (Å²) in [6.07, 6.45) is 3.50. The van der Waals surface area contributed by atoms with Crippen molar-refractivity contribution in [3.8, 4) is 5.75 Å². The van der Waals surface area contributed by atoms with Crippen LogP contribution in [0.15, 0.2) is 42.5 Å². The van der Waals surface area contributed by atoms with Crippen LogP contribution in [0.2, 0.25) is 0 Å². The van der Waals surface area contributed by atoms with Gasteiger partial charge in [0.2, 0.25) is 11.8 Å². The fourth-order valence-corrected chi connectivity index (χ4v) is 3.21. The van der Waals surface area contributed by atoms with Crippen LogP contribution in [0.3, 0.4) is 0 Å². The Balaban J connectivity index is 1.64. The van der Waals surface area contributed by atoms with Crippen LogP contribution in [0.4, 0.5) is 15.8 Å². The first kappa shape index (κ1) is 19.7. The van der Waals surface area contributed by atoms with Gasteiger partial charge in [-0.3, -0.25) is 9.59 Å². The zero-order valence-electron chi connectivity index (χ0n) is 15.6. The molecule has 148 valence electrons. The predicted octanol–water partition coefficient (Wildman–Crippen LogP) is 3.32. The van der Waals surface area contributed by atoms with Gasteiger partial charge in [-0.2, -0.15) is 0 Å². The van der Waals surface area contributed by atoms with Crippen LogP contribution < -0.4 is 20.7 Å². The predicted molar refractivity (Wildman–Crippen MR) is 106 cm³/mol. The van der Waals surface area contributed by atoms with Gasteiger partial charge in [-0.15, -0.1) is 0 Å². The molecule has 1 saturated heterocycles. The van der Waals surface area contributed by atoms with Crippen molar-refractivity contribution in [3.05, 3.63) is 53.8 Å². The maximum atomic E-state index is 12.9. The summed E-state index contributed by atoms with van der Waals surface area (Å²) in [6.45, 7) is 1.98. The first-order chi connectivity index (χ1) is 13.5. The number of carbonyl (C=O) groups excluding carboxylic acids is 2. The quantitative estimate of drug-likeness (QED) is 0.766. The maximum absolute atomic E-state index is 12.9. The lowest BCUT2D eigenvalue weighted by atomic mass is 10.1. The molecule has 0 aromatic heterocycles. The van der Waals surface area contributed by atoms with E-state index in [-0.39, 0.29) is 24.8 Å². The summed E-state index contributed by atoms with van der Waals surface area (Å²) in [5.74, 6) is -0.620. The number of hydrogen-bond donors (Lipinski definition) is 2. The Morgan fingerprint density at radius 2 is 1.79 bits per heavy atom. The Bertz CT molecular complexity index is 833. The Morgan fingerprint density at radius 1 is 1.07 bits per heavy atom. The molecule has 3 N–H and O–H groups in total. The number of carbonyl (C=O) groups is 2. The molecule has 0 unspecified atom stereocenters. The van der Waals surface area contributed by atoms with E-state index >= 15 is 0 Å². The van der Waals surface area contributed by atoms with Gasteiger partial charge >= 0.3 is 0 Å². The van der Waals surface area contributed by atoms with Crippen LogP contribution in [-0.2, 0) is 4.79 Å². The topological polar surface area (TPSA) is 84.7 Å². The monoisotopic (exact) mass is 385 g/mol. The van der Waals surface area contributed by atoms with Gasteiger partial charge < -0.3 is 20.7 Å². The van der Waals surface area contributed by atoms with Crippen molar-refractivity contribution in [2.75, 3.05) is 29.9 Å². The third-order valence-corrected chi connectivity index (χ3v) is 4.66. The number of anilines is 2. The van der Waals surface area contributed by atoms with Crippen LogP contribution >= 0.6 is 0 Å². The van der Waals surface area contributed by atoms with Crippen molar-refractivity contribution in [3.63, 3.8) is 0 Å². The van der Waals surface area contributed by atoms with Gasteiger partial charge in [-0.25, -0.2) is 4.39 Å². The van der Waals surface area contributed by atoms with Gasteiger partial charge in [0.1, 0.15) is 11.6 Å². The number of halogens is 1. The van der Waals surface area contributed by atoms with Crippen molar-refractivity contribution in [2.45, 2.75) is 25.7 Å². The van der Waals surface area contributed by atoms with Crippen LogP contribution in [-0.4, -0.2) is 31.5 Å². The molecule has 2 aromatic carbocycles. The zero-order valence-corrected chi connectivity index (χ0v) is 15.6. The van der Waals surface area contributed by atoms with Crippen molar-refractivity contribution >= 4 is 23.2 Å². The fraction of sp³-hybridized carbons (Fsp3) is 0.333. The molecule has 7 heteroatoms. The first-order valence-electron chi connectivity index (χ1n) is 9.40. The second-order valence-corrected chi connectivity index (χ2v) is 6.74. The van der Waals surface area contributed by atoms with Gasteiger partial charge in [0.15, 0.2) is 0 Å². The van der Waals surface area contributed by atoms with Gasteiger partial charge in [0.05, 0.1) is 24.4 Å². The third kappa shape index (κ3) is 5.22. The van der Waals surface area contributed by atoms with E-state index in [0.29, 0.717) is 17.0 Å². The highest BCUT2D eigenvalue weighted by molar-refractivity contribution is 5.99. The second-order valence-electron chi connectivity index (χ2n) is 6.74. The summed E-state index contributed by atoms with van der Waals surface area (Å²) in [7, 11) is 0. The number of primary amides is 1. The summed E-state index contributed by atoms with van der Waals surface area (Å²) >= 11 is 0. The van der Waals surface area contributed by atoms with E-state index < -0.39 is 5.91 Å². The largest absolute Gasteiger partial charge is 0.493 e. The summed E-state index contributed by atoms with van der Waals surface area (Å²) in [5, 5.41) is 2.87. The first-order valence-corrected chi connectivity index (χ1v) is 9.40. The molecule has 0 saturated carbocycles. The molecule has 0 spiro atoms. The van der Waals surface area contributed by atoms with E-state index in [2.05, 4.69) is 10.2 Å². The Hall–Kier alpha value is -3.09. The number of rotatable bonds is 7. The Morgan fingerprint density at radius 3 is 2.46 bits per heavy atom. The molecule has 3 rings (SSSR count). The van der Waals surface area contributed by atoms with Crippen LogP contribution in [0.1, 0.15) is 36.0 Å². The smallest absolute Gasteiger partial charge is 0.248 e. The highest BCUT2D eigenvalue weighted by atomic mass is 19.1. The average molecular weight is 385 g/mol. The van der Waals surface area contributed by atoms with E-state index in [9.17, 15) is 14.0 Å². The summed E-state index contributed by atoms with van der Waals surface area (Å²) in [6, 6.07) is 10.8. The van der Waals surface area contributed by atoms with Crippen LogP contribution in [0.25, 0.3) is 0 Å². The fourth-order valence-electron chi connectivity index (χ4n) is 3.21. The average Bonchev–Trinajstić information content (AvgIpc) is 2.70. The van der Waals surface area contributed by atoms with E-state index in [1.54, 1.807) is 12.1 Å². The van der Waals surface area contributed by atoms with Crippen molar-refractivity contribution < 1.29 is 18.7 Å². The van der Waals surface area contributed by atoms with E-state index in [4.69, 9.17) is 10.5 Å². The molecule has 28 heavy (non-hydrogen) atoms. The molecule has 6 nitrogen and oxygen atoms in total. The Kier molecular flexibility index (Phi) is 6.47. The van der Waals surface area contributed by atoms with E-state index in [0.717, 1.165) is 31.6 Å². The maximum Gasteiger partial charge on any atom is 0.248 e. The molecule has 1 heterocycles.